The summed E-state index contributed by atoms with van der Waals surface area (Å²) in [6.07, 6.45) is 2.39. The smallest absolute Gasteiger partial charge is 0.0184 e. The van der Waals surface area contributed by atoms with E-state index < -0.39 is 0 Å². The van der Waals surface area contributed by atoms with Crippen LogP contribution in [0.1, 0.15) is 50.8 Å². The van der Waals surface area contributed by atoms with Crippen molar-refractivity contribution < 1.29 is 0 Å². The van der Waals surface area contributed by atoms with Crippen LogP contribution in [0.15, 0.2) is 85.4 Å². The summed E-state index contributed by atoms with van der Waals surface area (Å²) >= 11 is 0. The van der Waals surface area contributed by atoms with E-state index in [1.54, 1.807) is 0 Å². The van der Waals surface area contributed by atoms with Crippen LogP contribution in [0, 0.1) is 6.92 Å². The van der Waals surface area contributed by atoms with E-state index in [1.165, 1.54) is 40.7 Å². The Kier molecular flexibility index (Phi) is 10.6. The fourth-order valence-corrected chi connectivity index (χ4v) is 2.62. The summed E-state index contributed by atoms with van der Waals surface area (Å²) in [5.41, 5.74) is 7.67. The first-order valence-electron chi connectivity index (χ1n) is 9.97. The van der Waals surface area contributed by atoms with E-state index in [2.05, 4.69) is 99.3 Å². The normalized spacial score (nSPS) is 9.37. The Bertz CT molecular complexity index is 763. The molecule has 0 atom stereocenters. The highest BCUT2D eigenvalue weighted by Crippen LogP contribution is 2.19. The van der Waals surface area contributed by atoms with Gasteiger partial charge in [0.1, 0.15) is 0 Å². The molecule has 0 aromatic heterocycles. The van der Waals surface area contributed by atoms with Crippen molar-refractivity contribution in [2.45, 2.75) is 47.5 Å². The summed E-state index contributed by atoms with van der Waals surface area (Å²) in [7, 11) is 0. The molecule has 0 bridgehead atoms. The highest BCUT2D eigenvalue weighted by atomic mass is 14.0. The van der Waals surface area contributed by atoms with Gasteiger partial charge in [0.25, 0.3) is 0 Å². The van der Waals surface area contributed by atoms with E-state index in [4.69, 9.17) is 0 Å². The van der Waals surface area contributed by atoms with Crippen molar-refractivity contribution in [1.29, 1.82) is 0 Å². The van der Waals surface area contributed by atoms with Gasteiger partial charge in [0, 0.05) is 0 Å². The summed E-state index contributed by atoms with van der Waals surface area (Å²) in [4.78, 5) is 0. The van der Waals surface area contributed by atoms with Gasteiger partial charge in [0.05, 0.1) is 0 Å². The second kappa shape index (κ2) is 12.7. The van der Waals surface area contributed by atoms with Gasteiger partial charge in [-0.25, -0.2) is 0 Å². The number of hydrogen-bond donors (Lipinski definition) is 0. The first-order valence-corrected chi connectivity index (χ1v) is 9.97. The average Bonchev–Trinajstić information content (AvgIpc) is 2.72. The van der Waals surface area contributed by atoms with Gasteiger partial charge in [-0.05, 0) is 42.5 Å². The number of aryl methyl sites for hydroxylation is 2. The Hall–Kier alpha value is -2.60. The monoisotopic (exact) mass is 358 g/mol. The third-order valence-electron chi connectivity index (χ3n) is 4.14. The standard InChI is InChI=1S/C15H16.C10H12.C2H6/c1-2-6-13-9-11-15(12-10-13)14-7-4-3-5-8-14;1-8(2)10-6-4-9(3)5-7-10;1-2/h3-5,7-12H,2,6H2,1H3;4-7H,1H2,2-3H3;1-2H3. The predicted molar refractivity (Wildman–Crippen MR) is 123 cm³/mol. The summed E-state index contributed by atoms with van der Waals surface area (Å²) in [6.45, 7) is 14.2. The molecule has 3 rings (SSSR count). The molecule has 142 valence electrons. The van der Waals surface area contributed by atoms with E-state index in [1.807, 2.05) is 20.8 Å². The maximum Gasteiger partial charge on any atom is -0.0184 e. The molecule has 0 amide bonds. The summed E-state index contributed by atoms with van der Waals surface area (Å²) in [5.74, 6) is 0. The van der Waals surface area contributed by atoms with Crippen molar-refractivity contribution in [3.63, 3.8) is 0 Å². The van der Waals surface area contributed by atoms with E-state index in [-0.39, 0.29) is 0 Å². The zero-order valence-corrected chi connectivity index (χ0v) is 17.6. The fraction of sp³-hybridized carbons (Fsp3) is 0.259. The Balaban J connectivity index is 0.000000265. The maximum absolute atomic E-state index is 3.86. The Labute approximate surface area is 166 Å². The highest BCUT2D eigenvalue weighted by Gasteiger charge is 1.96. The second-order valence-electron chi connectivity index (χ2n) is 6.46. The maximum atomic E-state index is 3.86. The van der Waals surface area contributed by atoms with E-state index >= 15 is 0 Å². The van der Waals surface area contributed by atoms with Crippen molar-refractivity contribution in [3.8, 4) is 11.1 Å². The van der Waals surface area contributed by atoms with Gasteiger partial charge in [0.15, 0.2) is 0 Å². The third-order valence-corrected chi connectivity index (χ3v) is 4.14. The number of hydrogen-bond acceptors (Lipinski definition) is 0. The van der Waals surface area contributed by atoms with E-state index in [9.17, 15) is 0 Å². The van der Waals surface area contributed by atoms with Gasteiger partial charge in [0.2, 0.25) is 0 Å². The molecular weight excluding hydrogens is 324 g/mol. The molecule has 0 fully saturated rings. The lowest BCUT2D eigenvalue weighted by Crippen LogP contribution is -1.83. The van der Waals surface area contributed by atoms with Crippen LogP contribution in [0.4, 0.5) is 0 Å². The van der Waals surface area contributed by atoms with Crippen LogP contribution in [-0.4, -0.2) is 0 Å². The zero-order valence-electron chi connectivity index (χ0n) is 17.6. The number of allylic oxidation sites excluding steroid dienone is 1. The molecule has 0 unspecified atom stereocenters. The molecule has 0 N–H and O–H groups in total. The number of rotatable bonds is 4. The van der Waals surface area contributed by atoms with E-state index in [0.717, 1.165) is 5.57 Å². The van der Waals surface area contributed by atoms with Crippen LogP contribution in [0.5, 0.6) is 0 Å². The van der Waals surface area contributed by atoms with Crippen molar-refractivity contribution in [1.82, 2.24) is 0 Å². The van der Waals surface area contributed by atoms with Crippen LogP contribution in [-0.2, 0) is 6.42 Å². The molecule has 0 heteroatoms. The Morgan fingerprint density at radius 2 is 1.26 bits per heavy atom. The van der Waals surface area contributed by atoms with Gasteiger partial charge in [-0.3, -0.25) is 0 Å². The van der Waals surface area contributed by atoms with Crippen LogP contribution in [0.3, 0.4) is 0 Å². The SMILES string of the molecule is C=C(C)c1ccc(C)cc1.CC.CCCc1ccc(-c2ccccc2)cc1. The summed E-state index contributed by atoms with van der Waals surface area (Å²) in [6, 6.07) is 27.8. The van der Waals surface area contributed by atoms with Gasteiger partial charge in [-0.15, -0.1) is 0 Å². The minimum atomic E-state index is 1.13. The van der Waals surface area contributed by atoms with Gasteiger partial charge >= 0.3 is 0 Å². The molecule has 27 heavy (non-hydrogen) atoms. The fourth-order valence-electron chi connectivity index (χ4n) is 2.62. The van der Waals surface area contributed by atoms with Crippen molar-refractivity contribution in [3.05, 3.63) is 102 Å². The molecule has 0 aliphatic carbocycles. The highest BCUT2D eigenvalue weighted by molar-refractivity contribution is 5.63. The Morgan fingerprint density at radius 1 is 0.741 bits per heavy atom. The molecular formula is C27H34. The van der Waals surface area contributed by atoms with Gasteiger partial charge in [-0.1, -0.05) is 124 Å². The second-order valence-corrected chi connectivity index (χ2v) is 6.46. The van der Waals surface area contributed by atoms with Crippen molar-refractivity contribution >= 4 is 5.57 Å². The number of benzene rings is 3. The van der Waals surface area contributed by atoms with Gasteiger partial charge in [-0.2, -0.15) is 0 Å². The topological polar surface area (TPSA) is 0 Å². The predicted octanol–water partition coefficient (Wildman–Crippen LogP) is 8.36. The Morgan fingerprint density at radius 3 is 1.74 bits per heavy atom. The van der Waals surface area contributed by atoms with Crippen molar-refractivity contribution in [2.24, 2.45) is 0 Å². The molecule has 0 aliphatic rings. The lowest BCUT2D eigenvalue weighted by atomic mass is 10.0. The van der Waals surface area contributed by atoms with Crippen LogP contribution in [0.25, 0.3) is 16.7 Å². The van der Waals surface area contributed by atoms with Crippen LogP contribution < -0.4 is 0 Å². The minimum Gasteiger partial charge on any atom is -0.0955 e. The first kappa shape index (κ1) is 22.4. The lowest BCUT2D eigenvalue weighted by molar-refractivity contribution is 0.922. The largest absolute Gasteiger partial charge is 0.0955 e. The quantitative estimate of drug-likeness (QED) is 0.439. The third kappa shape index (κ3) is 8.09. The van der Waals surface area contributed by atoms with E-state index in [0.29, 0.717) is 0 Å². The van der Waals surface area contributed by atoms with Gasteiger partial charge < -0.3 is 0 Å². The first-order chi connectivity index (χ1) is 13.1. The average molecular weight is 359 g/mol. The van der Waals surface area contributed by atoms with Crippen LogP contribution >= 0.6 is 0 Å². The zero-order chi connectivity index (χ0) is 20.1. The van der Waals surface area contributed by atoms with Crippen LogP contribution in [0.2, 0.25) is 0 Å². The molecule has 0 radical (unpaired) electrons. The molecule has 3 aromatic rings. The molecule has 3 aromatic carbocycles. The molecule has 0 spiro atoms. The molecule has 0 saturated heterocycles. The molecule has 0 saturated carbocycles. The molecule has 0 heterocycles. The van der Waals surface area contributed by atoms with Crippen molar-refractivity contribution in [2.75, 3.05) is 0 Å². The minimum absolute atomic E-state index is 1.13. The lowest BCUT2D eigenvalue weighted by Gasteiger charge is -2.03. The summed E-state index contributed by atoms with van der Waals surface area (Å²) < 4.78 is 0. The molecule has 0 aliphatic heterocycles. The summed E-state index contributed by atoms with van der Waals surface area (Å²) in [5, 5.41) is 0. The molecule has 0 nitrogen and oxygen atoms in total.